The molecule has 0 aromatic heterocycles. The first kappa shape index (κ1) is 23.5. The van der Waals surface area contributed by atoms with Gasteiger partial charge in [-0.25, -0.2) is 9.34 Å². The zero-order valence-electron chi connectivity index (χ0n) is 17.3. The first-order valence-electron chi connectivity index (χ1n) is 9.27. The van der Waals surface area contributed by atoms with E-state index in [-0.39, 0.29) is 18.6 Å². The van der Waals surface area contributed by atoms with E-state index in [1.54, 1.807) is 44.4 Å². The van der Waals surface area contributed by atoms with E-state index in [1.165, 1.54) is 0 Å². The van der Waals surface area contributed by atoms with Crippen LogP contribution in [0.5, 0.6) is 0 Å². The van der Waals surface area contributed by atoms with E-state index in [4.69, 9.17) is 9.26 Å². The molecule has 1 aliphatic heterocycles. The summed E-state index contributed by atoms with van der Waals surface area (Å²) < 4.78 is 28.3. The van der Waals surface area contributed by atoms with Crippen LogP contribution in [0.4, 0.5) is 0 Å². The van der Waals surface area contributed by atoms with Crippen LogP contribution in [0.2, 0.25) is 0 Å². The Morgan fingerprint density at radius 1 is 1.23 bits per heavy atom. The summed E-state index contributed by atoms with van der Waals surface area (Å²) in [6, 6.07) is 0. The third-order valence-corrected chi connectivity index (χ3v) is 7.26. The zero-order valence-corrected chi connectivity index (χ0v) is 18.2. The van der Waals surface area contributed by atoms with E-state index in [2.05, 4.69) is 0 Å². The predicted molar refractivity (Wildman–Crippen MR) is 102 cm³/mol. The predicted octanol–water partition coefficient (Wildman–Crippen LogP) is 1.79. The first-order valence-corrected chi connectivity index (χ1v) is 10.8. The van der Waals surface area contributed by atoms with Gasteiger partial charge in [0.25, 0.3) is 5.91 Å². The number of ether oxygens (including phenoxy) is 1. The van der Waals surface area contributed by atoms with Crippen molar-refractivity contribution < 1.29 is 23.7 Å². The van der Waals surface area contributed by atoms with Crippen LogP contribution >= 0.6 is 7.67 Å². The lowest BCUT2D eigenvalue weighted by atomic mass is 10.1. The van der Waals surface area contributed by atoms with Crippen LogP contribution in [0.3, 0.4) is 0 Å². The number of carbonyl (C=O) groups is 1. The molecule has 1 rings (SSSR count). The molecule has 26 heavy (non-hydrogen) atoms. The maximum atomic E-state index is 13.4. The minimum atomic E-state index is -3.10. The molecule has 1 aliphatic rings. The molecule has 0 aliphatic carbocycles. The number of amides is 1. The number of nitrogens with zero attached hydrogens (tertiary/aromatic N) is 3. The molecule has 0 bridgehead atoms. The Morgan fingerprint density at radius 3 is 2.19 bits per heavy atom. The molecule has 154 valence electrons. The zero-order chi connectivity index (χ0) is 20.1. The third-order valence-electron chi connectivity index (χ3n) is 4.50. The number of aliphatic hydroxyl groups is 1. The summed E-state index contributed by atoms with van der Waals surface area (Å²) >= 11 is 0. The van der Waals surface area contributed by atoms with Gasteiger partial charge in [-0.2, -0.15) is 0 Å². The van der Waals surface area contributed by atoms with Crippen molar-refractivity contribution in [3.8, 4) is 0 Å². The van der Waals surface area contributed by atoms with Crippen molar-refractivity contribution >= 4 is 13.6 Å². The van der Waals surface area contributed by atoms with Gasteiger partial charge in [-0.1, -0.05) is 6.92 Å². The average molecular weight is 393 g/mol. The van der Waals surface area contributed by atoms with Gasteiger partial charge >= 0.3 is 7.67 Å². The fourth-order valence-electron chi connectivity index (χ4n) is 2.65. The van der Waals surface area contributed by atoms with Crippen LogP contribution < -0.4 is 0 Å². The lowest BCUT2D eigenvalue weighted by Crippen LogP contribution is -2.55. The Hall–Kier alpha value is -0.500. The van der Waals surface area contributed by atoms with Gasteiger partial charge in [-0.15, -0.1) is 0 Å². The molecule has 8 nitrogen and oxygen atoms in total. The Labute approximate surface area is 158 Å². The van der Waals surface area contributed by atoms with Crippen molar-refractivity contribution in [3.05, 3.63) is 0 Å². The fourth-order valence-corrected chi connectivity index (χ4v) is 4.78. The summed E-state index contributed by atoms with van der Waals surface area (Å²) in [5.74, 6) is -0.125. The molecular formula is C17H36N3O5P. The van der Waals surface area contributed by atoms with E-state index < -0.39 is 19.4 Å². The monoisotopic (exact) mass is 393 g/mol. The molecule has 0 spiro atoms. The second kappa shape index (κ2) is 9.62. The lowest BCUT2D eigenvalue weighted by Gasteiger charge is -2.42. The number of rotatable bonds is 9. The van der Waals surface area contributed by atoms with Gasteiger partial charge in [0, 0.05) is 26.2 Å². The van der Waals surface area contributed by atoms with Crippen molar-refractivity contribution in [1.82, 2.24) is 14.2 Å². The highest BCUT2D eigenvalue weighted by Gasteiger charge is 2.41. The van der Waals surface area contributed by atoms with E-state index in [9.17, 15) is 14.5 Å². The summed E-state index contributed by atoms with van der Waals surface area (Å²) in [5, 5.41) is 9.37. The normalized spacial score (nSPS) is 21.5. The number of aliphatic hydroxyl groups excluding tert-OH is 1. The van der Waals surface area contributed by atoms with Crippen molar-refractivity contribution in [3.63, 3.8) is 0 Å². The van der Waals surface area contributed by atoms with Crippen LogP contribution in [0.25, 0.3) is 0 Å². The minimum absolute atomic E-state index is 0.101. The van der Waals surface area contributed by atoms with E-state index in [0.717, 1.165) is 6.42 Å². The molecule has 1 saturated heterocycles. The fraction of sp³-hybridized carbons (Fsp3) is 0.941. The molecule has 1 fully saturated rings. The molecular weight excluding hydrogens is 357 g/mol. The second-order valence-corrected chi connectivity index (χ2v) is 10.1. The summed E-state index contributed by atoms with van der Waals surface area (Å²) in [4.78, 5) is 14.5. The highest BCUT2D eigenvalue weighted by Crippen LogP contribution is 2.54. The highest BCUT2D eigenvalue weighted by molar-refractivity contribution is 7.53. The standard InChI is InChI=1S/C17H36N3O5P/c1-8-15(3)25-26(23,18(6)7)20-11-9-19(10-12-20)16(22)17(4,5)24-13-14(2)21/h14-15,21H,8-13H2,1-7H3. The molecule has 3 atom stereocenters. The van der Waals surface area contributed by atoms with Gasteiger partial charge in [-0.05, 0) is 48.2 Å². The molecule has 1 amide bonds. The summed E-state index contributed by atoms with van der Waals surface area (Å²) in [6.07, 6.45) is 0.0590. The molecule has 9 heteroatoms. The largest absolute Gasteiger partial charge is 0.391 e. The highest BCUT2D eigenvalue weighted by atomic mass is 31.2. The molecule has 0 radical (unpaired) electrons. The maximum Gasteiger partial charge on any atom is 0.345 e. The van der Waals surface area contributed by atoms with E-state index >= 15 is 0 Å². The summed E-state index contributed by atoms with van der Waals surface area (Å²) in [6.45, 7) is 10.9. The SMILES string of the molecule is CCC(C)OP(=O)(N(C)C)N1CCN(C(=O)C(C)(C)OCC(C)O)CC1. The second-order valence-electron chi connectivity index (χ2n) is 7.58. The van der Waals surface area contributed by atoms with Crippen LogP contribution in [-0.2, 0) is 18.6 Å². The Balaban J connectivity index is 2.72. The van der Waals surface area contributed by atoms with Crippen molar-refractivity contribution in [2.45, 2.75) is 58.8 Å². The lowest BCUT2D eigenvalue weighted by molar-refractivity contribution is -0.158. The number of hydrogen-bond acceptors (Lipinski definition) is 5. The molecule has 0 aromatic rings. The molecule has 1 N–H and O–H groups in total. The molecule has 0 saturated carbocycles. The topological polar surface area (TPSA) is 82.6 Å². The van der Waals surface area contributed by atoms with Crippen LogP contribution in [0.1, 0.15) is 41.0 Å². The van der Waals surface area contributed by atoms with Gasteiger partial charge in [0.2, 0.25) is 0 Å². The molecule has 0 aromatic carbocycles. The first-order chi connectivity index (χ1) is 11.9. The van der Waals surface area contributed by atoms with Crippen molar-refractivity contribution in [1.29, 1.82) is 0 Å². The summed E-state index contributed by atoms with van der Waals surface area (Å²) in [5.41, 5.74) is -1.00. The molecule has 1 heterocycles. The molecule has 3 unspecified atom stereocenters. The smallest absolute Gasteiger partial charge is 0.345 e. The van der Waals surface area contributed by atoms with E-state index in [0.29, 0.717) is 26.2 Å². The quantitative estimate of drug-likeness (QED) is 0.598. The van der Waals surface area contributed by atoms with Gasteiger partial charge in [0.05, 0.1) is 18.8 Å². The van der Waals surface area contributed by atoms with Crippen LogP contribution in [0, 0.1) is 0 Å². The number of piperazine rings is 1. The number of hydrogen-bond donors (Lipinski definition) is 1. The van der Waals surface area contributed by atoms with Crippen molar-refractivity contribution in [2.24, 2.45) is 0 Å². The van der Waals surface area contributed by atoms with Gasteiger partial charge in [0.15, 0.2) is 0 Å². The van der Waals surface area contributed by atoms with Crippen LogP contribution in [0.15, 0.2) is 0 Å². The summed E-state index contributed by atoms with van der Waals surface area (Å²) in [7, 11) is 0.417. The average Bonchev–Trinajstić information content (AvgIpc) is 2.59. The van der Waals surface area contributed by atoms with Gasteiger partial charge < -0.3 is 19.3 Å². The van der Waals surface area contributed by atoms with E-state index in [1.807, 2.05) is 18.5 Å². The van der Waals surface area contributed by atoms with Gasteiger partial charge in [0.1, 0.15) is 5.60 Å². The van der Waals surface area contributed by atoms with Crippen molar-refractivity contribution in [2.75, 3.05) is 46.9 Å². The maximum absolute atomic E-state index is 13.4. The van der Waals surface area contributed by atoms with Gasteiger partial charge in [-0.3, -0.25) is 9.36 Å². The Bertz CT molecular complexity index is 505. The Kier molecular flexibility index (Phi) is 8.71. The third kappa shape index (κ3) is 6.01. The number of carbonyl (C=O) groups excluding carboxylic acids is 1. The minimum Gasteiger partial charge on any atom is -0.391 e. The van der Waals surface area contributed by atoms with Crippen LogP contribution in [-0.4, -0.2) is 89.9 Å². The Morgan fingerprint density at radius 2 is 1.77 bits per heavy atom.